The topological polar surface area (TPSA) is 3.24 Å². The van der Waals surface area contributed by atoms with Crippen LogP contribution in [0.1, 0.15) is 65.7 Å². The Bertz CT molecular complexity index is 4040. The predicted octanol–water partition coefficient (Wildman–Crippen LogP) is 20.9. The number of benzene rings is 10. The Morgan fingerprint density at radius 1 is 0.413 bits per heavy atom. The highest BCUT2D eigenvalue weighted by Crippen LogP contribution is 2.59. The summed E-state index contributed by atoms with van der Waals surface area (Å²) in [6.07, 6.45) is 19.0. The normalized spacial score (nSPS) is 14.9. The molecule has 0 saturated heterocycles. The van der Waals surface area contributed by atoms with Gasteiger partial charge in [-0.15, -0.1) is 11.3 Å². The molecule has 0 radical (unpaired) electrons. The SMILES string of the molecule is C1=C(/C=C/c2ccc(/C=C/c3ccc(-c4cc(-c5ccccc5)c5c6ccccc6c6ccccc6c5c4-c4ccccc4)s3)cc2)CCC2=C1C1(CCCC1)c1cc(N(c3ccccc3)c3ccccc3)ccc12. The van der Waals surface area contributed by atoms with Crippen molar-refractivity contribution >= 4 is 84.5 Å². The molecule has 0 atom stereocenters. The van der Waals surface area contributed by atoms with E-state index in [0.717, 1.165) is 12.8 Å². The lowest BCUT2D eigenvalue weighted by atomic mass is 9.74. The van der Waals surface area contributed by atoms with Crippen LogP contribution in [0.4, 0.5) is 17.1 Å². The third kappa shape index (κ3) is 8.00. The minimum atomic E-state index is 0.0888. The summed E-state index contributed by atoms with van der Waals surface area (Å²) in [7, 11) is 0. The molecule has 11 aromatic rings. The van der Waals surface area contributed by atoms with Gasteiger partial charge in [-0.1, -0.05) is 213 Å². The number of hydrogen-bond acceptors (Lipinski definition) is 2. The van der Waals surface area contributed by atoms with Crippen LogP contribution in [-0.4, -0.2) is 0 Å². The number of allylic oxidation sites excluding steroid dienone is 5. The Morgan fingerprint density at radius 3 is 1.61 bits per heavy atom. The summed E-state index contributed by atoms with van der Waals surface area (Å²) in [6, 6.07) is 85.0. The Kier molecular flexibility index (Phi) is 11.5. The second-order valence-corrected chi connectivity index (χ2v) is 21.7. The molecule has 358 valence electrons. The summed E-state index contributed by atoms with van der Waals surface area (Å²) >= 11 is 1.86. The molecule has 1 heterocycles. The number of thiophene rings is 1. The Labute approximate surface area is 444 Å². The maximum atomic E-state index is 2.58. The van der Waals surface area contributed by atoms with Crippen molar-refractivity contribution in [3.05, 3.63) is 281 Å². The smallest absolute Gasteiger partial charge is 0.0465 e. The van der Waals surface area contributed by atoms with Gasteiger partial charge >= 0.3 is 0 Å². The van der Waals surface area contributed by atoms with Crippen LogP contribution in [-0.2, 0) is 5.41 Å². The molecule has 75 heavy (non-hydrogen) atoms. The Balaban J connectivity index is 0.754. The summed E-state index contributed by atoms with van der Waals surface area (Å²) in [5.41, 5.74) is 20.0. The van der Waals surface area contributed by atoms with Crippen LogP contribution < -0.4 is 4.90 Å². The first-order valence-corrected chi connectivity index (χ1v) is 27.6. The van der Waals surface area contributed by atoms with E-state index in [9.17, 15) is 0 Å². The molecular weight excluding hydrogens is 923 g/mol. The molecule has 3 aliphatic carbocycles. The zero-order valence-electron chi connectivity index (χ0n) is 41.9. The number of anilines is 3. The molecule has 1 nitrogen and oxygen atoms in total. The van der Waals surface area contributed by atoms with Gasteiger partial charge in [-0.2, -0.15) is 0 Å². The Hall–Kier alpha value is -8.56. The van der Waals surface area contributed by atoms with Crippen molar-refractivity contribution in [1.82, 2.24) is 0 Å². The Morgan fingerprint density at radius 2 is 0.973 bits per heavy atom. The van der Waals surface area contributed by atoms with Crippen molar-refractivity contribution in [3.8, 4) is 32.7 Å². The lowest BCUT2D eigenvalue weighted by Gasteiger charge is -2.31. The summed E-state index contributed by atoms with van der Waals surface area (Å²) in [5, 5.41) is 7.74. The van der Waals surface area contributed by atoms with Gasteiger partial charge in [-0.25, -0.2) is 0 Å². The van der Waals surface area contributed by atoms with Crippen LogP contribution in [0.25, 0.3) is 88.8 Å². The van der Waals surface area contributed by atoms with E-state index in [0.29, 0.717) is 0 Å². The predicted molar refractivity (Wildman–Crippen MR) is 323 cm³/mol. The highest BCUT2D eigenvalue weighted by Gasteiger charge is 2.46. The van der Waals surface area contributed by atoms with E-state index in [1.165, 1.54) is 140 Å². The molecular formula is C73H55NS. The zero-order valence-corrected chi connectivity index (χ0v) is 42.7. The van der Waals surface area contributed by atoms with E-state index in [1.54, 1.807) is 11.1 Å². The second-order valence-electron chi connectivity index (χ2n) is 20.6. The van der Waals surface area contributed by atoms with Crippen molar-refractivity contribution in [2.45, 2.75) is 43.9 Å². The third-order valence-electron chi connectivity index (χ3n) is 16.3. The summed E-state index contributed by atoms with van der Waals surface area (Å²) in [5.74, 6) is 0. The van der Waals surface area contributed by atoms with Crippen LogP contribution in [0, 0.1) is 0 Å². The van der Waals surface area contributed by atoms with E-state index in [2.05, 4.69) is 266 Å². The lowest BCUT2D eigenvalue weighted by molar-refractivity contribution is 0.543. The highest BCUT2D eigenvalue weighted by atomic mass is 32.1. The maximum absolute atomic E-state index is 2.58. The van der Waals surface area contributed by atoms with E-state index in [-0.39, 0.29) is 5.41 Å². The first-order chi connectivity index (χ1) is 37.2. The number of para-hydroxylation sites is 2. The fourth-order valence-electron chi connectivity index (χ4n) is 12.9. The fraction of sp³-hybridized carbons (Fsp3) is 0.0959. The largest absolute Gasteiger partial charge is 0.310 e. The summed E-state index contributed by atoms with van der Waals surface area (Å²) < 4.78 is 0. The van der Waals surface area contributed by atoms with Crippen LogP contribution in [0.3, 0.4) is 0 Å². The van der Waals surface area contributed by atoms with Crippen molar-refractivity contribution in [2.75, 3.05) is 4.90 Å². The average Bonchev–Trinajstić information content (AvgIpc) is 4.32. The maximum Gasteiger partial charge on any atom is 0.0465 e. The minimum Gasteiger partial charge on any atom is -0.310 e. The van der Waals surface area contributed by atoms with Crippen LogP contribution in [0.15, 0.2) is 254 Å². The van der Waals surface area contributed by atoms with E-state index in [1.807, 2.05) is 11.3 Å². The van der Waals surface area contributed by atoms with Gasteiger partial charge in [0.05, 0.1) is 0 Å². The summed E-state index contributed by atoms with van der Waals surface area (Å²) in [6.45, 7) is 0. The number of hydrogen-bond donors (Lipinski definition) is 0. The lowest BCUT2D eigenvalue weighted by Crippen LogP contribution is -2.22. The van der Waals surface area contributed by atoms with E-state index >= 15 is 0 Å². The molecule has 0 unspecified atom stereocenters. The molecule has 1 aromatic heterocycles. The summed E-state index contributed by atoms with van der Waals surface area (Å²) in [4.78, 5) is 4.90. The molecule has 0 N–H and O–H groups in total. The zero-order chi connectivity index (χ0) is 49.7. The van der Waals surface area contributed by atoms with Gasteiger partial charge in [0.2, 0.25) is 0 Å². The third-order valence-corrected chi connectivity index (χ3v) is 17.4. The monoisotopic (exact) mass is 977 g/mol. The standard InChI is InChI=1S/C73H55NS/c1-5-19-53(20-6-1)65-49-66(70(54-21-7-2-8-22-54)72-64-30-16-14-28-60(64)59-27-13-15-29-63(59)71(65)72)69-44-41-58(75-69)40-37-51-33-31-50(32-34-51)35-36-52-38-42-61-62-43-39-57(48-68(62)73(67(61)47-52)45-17-18-46-73)74(55-23-9-3-10-24-55)56-25-11-4-12-26-56/h1-16,19-37,39-41,43-44,47-49H,17-18,38,42,45-46H2/b36-35+,40-37+. The van der Waals surface area contributed by atoms with Gasteiger partial charge in [0.15, 0.2) is 0 Å². The van der Waals surface area contributed by atoms with E-state index < -0.39 is 0 Å². The van der Waals surface area contributed by atoms with Crippen molar-refractivity contribution in [2.24, 2.45) is 0 Å². The van der Waals surface area contributed by atoms with Crippen LogP contribution in [0.5, 0.6) is 0 Å². The second kappa shape index (κ2) is 19.0. The van der Waals surface area contributed by atoms with Crippen molar-refractivity contribution in [3.63, 3.8) is 0 Å². The number of nitrogens with zero attached hydrogens (tertiary/aromatic N) is 1. The van der Waals surface area contributed by atoms with Gasteiger partial charge in [-0.3, -0.25) is 0 Å². The first kappa shape index (κ1) is 45.1. The van der Waals surface area contributed by atoms with Crippen LogP contribution >= 0.6 is 11.3 Å². The van der Waals surface area contributed by atoms with Crippen molar-refractivity contribution in [1.29, 1.82) is 0 Å². The van der Waals surface area contributed by atoms with Crippen molar-refractivity contribution < 1.29 is 0 Å². The molecule has 1 spiro atoms. The van der Waals surface area contributed by atoms with Gasteiger partial charge in [-0.05, 0) is 180 Å². The molecule has 0 bridgehead atoms. The molecule has 14 rings (SSSR count). The van der Waals surface area contributed by atoms with Gasteiger partial charge < -0.3 is 4.90 Å². The fourth-order valence-corrected chi connectivity index (χ4v) is 13.8. The minimum absolute atomic E-state index is 0.0888. The number of rotatable bonds is 10. The first-order valence-electron chi connectivity index (χ1n) is 26.7. The molecule has 1 fully saturated rings. The molecule has 3 aliphatic rings. The van der Waals surface area contributed by atoms with Crippen LogP contribution in [0.2, 0.25) is 0 Å². The van der Waals surface area contributed by atoms with E-state index in [4.69, 9.17) is 0 Å². The molecule has 0 aliphatic heterocycles. The van der Waals surface area contributed by atoms with Gasteiger partial charge in [0.25, 0.3) is 0 Å². The number of fused-ring (bicyclic) bond motifs is 10. The molecule has 10 aromatic carbocycles. The molecule has 2 heteroatoms. The highest BCUT2D eigenvalue weighted by molar-refractivity contribution is 7.16. The molecule has 0 amide bonds. The van der Waals surface area contributed by atoms with Gasteiger partial charge in [0, 0.05) is 37.8 Å². The van der Waals surface area contributed by atoms with Gasteiger partial charge in [0.1, 0.15) is 0 Å². The quantitative estimate of drug-likeness (QED) is 0.123. The molecule has 1 saturated carbocycles. The average molecular weight is 978 g/mol.